The summed E-state index contributed by atoms with van der Waals surface area (Å²) >= 11 is 0. The molecule has 0 aliphatic carbocycles. The predicted octanol–water partition coefficient (Wildman–Crippen LogP) is 4.27. The third-order valence-electron chi connectivity index (χ3n) is 3.49. The number of hydrogen-bond donors (Lipinski definition) is 0. The minimum atomic E-state index is -0.315. The van der Waals surface area contributed by atoms with E-state index >= 15 is 0 Å². The van der Waals surface area contributed by atoms with Crippen LogP contribution in [-0.4, -0.2) is 18.9 Å². The molecule has 0 saturated heterocycles. The van der Waals surface area contributed by atoms with E-state index in [-0.39, 0.29) is 5.97 Å². The van der Waals surface area contributed by atoms with Crippen molar-refractivity contribution in [2.24, 2.45) is 5.92 Å². The van der Waals surface area contributed by atoms with E-state index in [0.29, 0.717) is 18.1 Å². The fourth-order valence-corrected chi connectivity index (χ4v) is 2.00. The van der Waals surface area contributed by atoms with Gasteiger partial charge in [0.25, 0.3) is 0 Å². The highest BCUT2D eigenvalue weighted by molar-refractivity contribution is 5.87. The van der Waals surface area contributed by atoms with Crippen LogP contribution >= 0.6 is 0 Å². The van der Waals surface area contributed by atoms with E-state index in [1.807, 2.05) is 0 Å². The van der Waals surface area contributed by atoms with Crippen LogP contribution in [0.25, 0.3) is 6.08 Å². The smallest absolute Gasteiger partial charge is 0.330 e. The maximum absolute atomic E-state index is 11.7. The van der Waals surface area contributed by atoms with Gasteiger partial charge in [0.05, 0.1) is 6.61 Å². The van der Waals surface area contributed by atoms with E-state index in [1.165, 1.54) is 18.9 Å². The summed E-state index contributed by atoms with van der Waals surface area (Å²) in [5, 5.41) is 0. The van der Waals surface area contributed by atoms with Crippen molar-refractivity contribution in [3.8, 4) is 0 Å². The number of carbonyl (C=O) groups excluding carboxylic acids is 2. The van der Waals surface area contributed by atoms with Crippen LogP contribution in [0.4, 0.5) is 0 Å². The number of rotatable bonds is 9. The molecule has 1 rings (SSSR count). The Morgan fingerprint density at radius 2 is 1.86 bits per heavy atom. The van der Waals surface area contributed by atoms with Crippen molar-refractivity contribution >= 4 is 18.3 Å². The molecule has 114 valence electrons. The fourth-order valence-electron chi connectivity index (χ4n) is 2.00. The Labute approximate surface area is 127 Å². The summed E-state index contributed by atoms with van der Waals surface area (Å²) in [4.78, 5) is 22.2. The van der Waals surface area contributed by atoms with Gasteiger partial charge < -0.3 is 4.74 Å². The minimum absolute atomic E-state index is 0.315. The highest BCUT2D eigenvalue weighted by Crippen LogP contribution is 2.13. The molecule has 1 aromatic carbocycles. The van der Waals surface area contributed by atoms with Crippen LogP contribution in [0.15, 0.2) is 30.3 Å². The van der Waals surface area contributed by atoms with Crippen LogP contribution in [0.5, 0.6) is 0 Å². The summed E-state index contributed by atoms with van der Waals surface area (Å²) in [5.41, 5.74) is 1.49. The molecule has 0 spiro atoms. The molecule has 1 aromatic rings. The molecule has 0 amide bonds. The maximum Gasteiger partial charge on any atom is 0.330 e. The van der Waals surface area contributed by atoms with Crippen molar-refractivity contribution in [1.29, 1.82) is 0 Å². The topological polar surface area (TPSA) is 43.4 Å². The van der Waals surface area contributed by atoms with Gasteiger partial charge in [0.15, 0.2) is 0 Å². The number of ether oxygens (including phenoxy) is 1. The average molecular weight is 288 g/mol. The summed E-state index contributed by atoms with van der Waals surface area (Å²) in [7, 11) is 0. The molecule has 0 heterocycles. The highest BCUT2D eigenvalue weighted by Gasteiger charge is 2.08. The Hall–Kier alpha value is -1.90. The molecule has 3 nitrogen and oxygen atoms in total. The monoisotopic (exact) mass is 288 g/mol. The standard InChI is InChI=1S/C18H24O3/c1-3-5-6-15(4-2)14-21-18(20)12-11-16-7-9-17(13-19)10-8-16/h7-13,15H,3-6,14H2,1-2H3. The van der Waals surface area contributed by atoms with Gasteiger partial charge in [-0.1, -0.05) is 57.4 Å². The largest absolute Gasteiger partial charge is 0.462 e. The average Bonchev–Trinajstić information content (AvgIpc) is 2.53. The second-order valence-corrected chi connectivity index (χ2v) is 5.16. The molecule has 0 aliphatic heterocycles. The number of esters is 1. The van der Waals surface area contributed by atoms with Gasteiger partial charge >= 0.3 is 5.97 Å². The van der Waals surface area contributed by atoms with E-state index < -0.39 is 0 Å². The van der Waals surface area contributed by atoms with Gasteiger partial charge in [-0.05, 0) is 24.0 Å². The lowest BCUT2D eigenvalue weighted by Gasteiger charge is -2.13. The van der Waals surface area contributed by atoms with E-state index in [9.17, 15) is 9.59 Å². The molecule has 0 N–H and O–H groups in total. The number of benzene rings is 1. The molecule has 0 radical (unpaired) electrons. The van der Waals surface area contributed by atoms with Gasteiger partial charge in [0.2, 0.25) is 0 Å². The lowest BCUT2D eigenvalue weighted by Crippen LogP contribution is -2.12. The van der Waals surface area contributed by atoms with Crippen LogP contribution < -0.4 is 0 Å². The van der Waals surface area contributed by atoms with Gasteiger partial charge in [0, 0.05) is 11.6 Å². The fraction of sp³-hybridized carbons (Fsp3) is 0.444. The lowest BCUT2D eigenvalue weighted by atomic mass is 10.0. The summed E-state index contributed by atoms with van der Waals surface area (Å²) < 4.78 is 5.28. The second-order valence-electron chi connectivity index (χ2n) is 5.16. The molecule has 0 saturated carbocycles. The number of aldehydes is 1. The second kappa shape index (κ2) is 9.92. The molecule has 0 fully saturated rings. The zero-order valence-corrected chi connectivity index (χ0v) is 12.9. The van der Waals surface area contributed by atoms with Gasteiger partial charge in [0.1, 0.15) is 6.29 Å². The van der Waals surface area contributed by atoms with Gasteiger partial charge in [-0.25, -0.2) is 4.79 Å². The van der Waals surface area contributed by atoms with Crippen molar-refractivity contribution < 1.29 is 14.3 Å². The normalized spacial score (nSPS) is 12.3. The van der Waals surface area contributed by atoms with Crippen LogP contribution in [0.1, 0.15) is 55.5 Å². The first kappa shape index (κ1) is 17.2. The van der Waals surface area contributed by atoms with Crippen LogP contribution in [-0.2, 0) is 9.53 Å². The lowest BCUT2D eigenvalue weighted by molar-refractivity contribution is -0.139. The first-order chi connectivity index (χ1) is 10.2. The number of carbonyl (C=O) groups is 2. The van der Waals surface area contributed by atoms with Gasteiger partial charge in [-0.2, -0.15) is 0 Å². The minimum Gasteiger partial charge on any atom is -0.462 e. The summed E-state index contributed by atoms with van der Waals surface area (Å²) in [6.45, 7) is 4.78. The van der Waals surface area contributed by atoms with Crippen LogP contribution in [0, 0.1) is 5.92 Å². The Morgan fingerprint density at radius 1 is 1.19 bits per heavy atom. The maximum atomic E-state index is 11.7. The van der Waals surface area contributed by atoms with Crippen molar-refractivity contribution in [2.45, 2.75) is 39.5 Å². The highest BCUT2D eigenvalue weighted by atomic mass is 16.5. The van der Waals surface area contributed by atoms with Crippen molar-refractivity contribution in [1.82, 2.24) is 0 Å². The Bertz CT molecular complexity index is 460. The van der Waals surface area contributed by atoms with Crippen molar-refractivity contribution in [2.75, 3.05) is 6.61 Å². The van der Waals surface area contributed by atoms with E-state index in [1.54, 1.807) is 30.3 Å². The quantitative estimate of drug-likeness (QED) is 0.387. The molecule has 1 unspecified atom stereocenters. The molecular formula is C18H24O3. The molecule has 3 heteroatoms. The molecule has 0 aliphatic rings. The molecule has 1 atom stereocenters. The van der Waals surface area contributed by atoms with Gasteiger partial charge in [-0.3, -0.25) is 4.79 Å². The molecular weight excluding hydrogens is 264 g/mol. The Balaban J connectivity index is 2.41. The first-order valence-corrected chi connectivity index (χ1v) is 7.59. The third kappa shape index (κ3) is 6.89. The molecule has 0 aromatic heterocycles. The van der Waals surface area contributed by atoms with Crippen LogP contribution in [0.3, 0.4) is 0 Å². The Morgan fingerprint density at radius 3 is 2.43 bits per heavy atom. The van der Waals surface area contributed by atoms with Crippen molar-refractivity contribution in [3.63, 3.8) is 0 Å². The summed E-state index contributed by atoms with van der Waals surface area (Å²) in [6, 6.07) is 7.03. The van der Waals surface area contributed by atoms with E-state index in [2.05, 4.69) is 13.8 Å². The van der Waals surface area contributed by atoms with E-state index in [4.69, 9.17) is 4.74 Å². The molecule has 21 heavy (non-hydrogen) atoms. The van der Waals surface area contributed by atoms with Gasteiger partial charge in [-0.15, -0.1) is 0 Å². The summed E-state index contributed by atoms with van der Waals surface area (Å²) in [6.07, 6.45) is 8.41. The van der Waals surface area contributed by atoms with Crippen LogP contribution in [0.2, 0.25) is 0 Å². The number of unbranched alkanes of at least 4 members (excludes halogenated alkanes) is 1. The zero-order valence-electron chi connectivity index (χ0n) is 12.9. The SMILES string of the molecule is CCCCC(CC)COC(=O)C=Cc1ccc(C=O)cc1. The van der Waals surface area contributed by atoms with Crippen molar-refractivity contribution in [3.05, 3.63) is 41.5 Å². The molecule has 0 bridgehead atoms. The first-order valence-electron chi connectivity index (χ1n) is 7.59. The Kier molecular flexibility index (Phi) is 8.10. The summed E-state index contributed by atoms with van der Waals surface area (Å²) in [5.74, 6) is 0.138. The zero-order chi connectivity index (χ0) is 15.5. The predicted molar refractivity (Wildman–Crippen MR) is 85.1 cm³/mol. The van der Waals surface area contributed by atoms with E-state index in [0.717, 1.165) is 24.7 Å². The third-order valence-corrected chi connectivity index (χ3v) is 3.49. The number of hydrogen-bond acceptors (Lipinski definition) is 3.